The van der Waals surface area contributed by atoms with Crippen LogP contribution in [0, 0.1) is 5.92 Å². The van der Waals surface area contributed by atoms with Crippen LogP contribution in [0.3, 0.4) is 0 Å². The molecule has 4 heteroatoms. The summed E-state index contributed by atoms with van der Waals surface area (Å²) in [5.74, 6) is -1.28. The Bertz CT molecular complexity index is 628. The number of aliphatic carboxylic acids is 1. The zero-order valence-electron chi connectivity index (χ0n) is 14.0. The van der Waals surface area contributed by atoms with Crippen LogP contribution >= 0.6 is 0 Å². The van der Waals surface area contributed by atoms with Crippen LogP contribution in [-0.4, -0.2) is 16.2 Å². The van der Waals surface area contributed by atoms with Gasteiger partial charge in [0.1, 0.15) is 11.5 Å². The summed E-state index contributed by atoms with van der Waals surface area (Å²) < 4.78 is 0. The third kappa shape index (κ3) is 3.88. The topological polar surface area (TPSA) is 80.6 Å². The number of hydrogen-bond donors (Lipinski definition) is 2. The molecule has 0 heterocycles. The van der Waals surface area contributed by atoms with Crippen molar-refractivity contribution in [1.29, 1.82) is 0 Å². The fourth-order valence-corrected chi connectivity index (χ4v) is 3.21. The minimum Gasteiger partial charge on any atom is -0.550 e. The lowest BCUT2D eigenvalue weighted by Crippen LogP contribution is -2.37. The molecule has 2 aromatic carbocycles. The van der Waals surface area contributed by atoms with Gasteiger partial charge in [0.05, 0.1) is 0 Å². The molecule has 0 fully saturated rings. The molecule has 0 aliphatic carbocycles. The molecule has 2 aromatic rings. The normalized spacial score (nSPS) is 12.8. The Morgan fingerprint density at radius 1 is 1.00 bits per heavy atom. The van der Waals surface area contributed by atoms with E-state index in [0.29, 0.717) is 12.8 Å². The second kappa shape index (κ2) is 7.39. The third-order valence-corrected chi connectivity index (χ3v) is 4.63. The van der Waals surface area contributed by atoms with Crippen molar-refractivity contribution in [2.45, 2.75) is 38.5 Å². The maximum atomic E-state index is 11.5. The molecular formula is C20H23O4-. The highest BCUT2D eigenvalue weighted by Crippen LogP contribution is 2.39. The average Bonchev–Trinajstić information content (AvgIpc) is 2.55. The highest BCUT2D eigenvalue weighted by molar-refractivity contribution is 5.68. The van der Waals surface area contributed by atoms with Gasteiger partial charge in [-0.05, 0) is 54.2 Å². The highest BCUT2D eigenvalue weighted by Gasteiger charge is 2.32. The molecular weight excluding hydrogens is 304 g/mol. The van der Waals surface area contributed by atoms with Gasteiger partial charge in [-0.25, -0.2) is 0 Å². The van der Waals surface area contributed by atoms with Crippen molar-refractivity contribution in [3.8, 4) is 11.5 Å². The first-order chi connectivity index (χ1) is 11.4. The number of carboxylic acid groups (broad SMARTS) is 1. The number of phenols is 2. The lowest BCUT2D eigenvalue weighted by Gasteiger charge is -2.35. The third-order valence-electron chi connectivity index (χ3n) is 4.63. The summed E-state index contributed by atoms with van der Waals surface area (Å²) in [6, 6.07) is 13.6. The first kappa shape index (κ1) is 17.9. The van der Waals surface area contributed by atoms with E-state index in [1.807, 2.05) is 13.8 Å². The van der Waals surface area contributed by atoms with E-state index in [-0.39, 0.29) is 11.5 Å². The van der Waals surface area contributed by atoms with Crippen LogP contribution in [0.25, 0.3) is 0 Å². The molecule has 0 bridgehead atoms. The summed E-state index contributed by atoms with van der Waals surface area (Å²) in [5.41, 5.74) is 1.25. The molecule has 2 N–H and O–H groups in total. The average molecular weight is 327 g/mol. The zero-order chi connectivity index (χ0) is 17.7. The van der Waals surface area contributed by atoms with Crippen molar-refractivity contribution in [3.63, 3.8) is 0 Å². The van der Waals surface area contributed by atoms with Gasteiger partial charge in [-0.15, -0.1) is 0 Å². The lowest BCUT2D eigenvalue weighted by molar-refractivity contribution is -0.312. The zero-order valence-corrected chi connectivity index (χ0v) is 14.0. The number of aromatic hydroxyl groups is 2. The van der Waals surface area contributed by atoms with E-state index >= 15 is 0 Å². The van der Waals surface area contributed by atoms with Crippen molar-refractivity contribution < 1.29 is 20.1 Å². The minimum absolute atomic E-state index is 0.164. The standard InChI is InChI=1S/C20H24O4/c1-3-4-14(19(23)24)13-20(2,15-5-9-17(21)10-6-15)16-7-11-18(22)12-8-16/h5-12,14,21-22H,3-4,13H2,1-2H3,(H,23,24)/p-1. The molecule has 0 saturated carbocycles. The van der Waals surface area contributed by atoms with Crippen LogP contribution in [0.2, 0.25) is 0 Å². The number of hydrogen-bond acceptors (Lipinski definition) is 4. The second-order valence-electron chi connectivity index (χ2n) is 6.43. The molecule has 2 rings (SSSR count). The van der Waals surface area contributed by atoms with Crippen LogP contribution in [0.5, 0.6) is 11.5 Å². The smallest absolute Gasteiger partial charge is 0.115 e. The van der Waals surface area contributed by atoms with Gasteiger partial charge in [0.25, 0.3) is 0 Å². The number of carbonyl (C=O) groups excluding carboxylic acids is 1. The molecule has 24 heavy (non-hydrogen) atoms. The summed E-state index contributed by atoms with van der Waals surface area (Å²) >= 11 is 0. The van der Waals surface area contributed by atoms with Crippen LogP contribution in [-0.2, 0) is 10.2 Å². The summed E-state index contributed by atoms with van der Waals surface area (Å²) in [7, 11) is 0. The van der Waals surface area contributed by atoms with Crippen molar-refractivity contribution in [1.82, 2.24) is 0 Å². The Balaban J connectivity index is 2.49. The SMILES string of the molecule is CCCC(CC(C)(c1ccc(O)cc1)c1ccc(O)cc1)C(=O)[O-]. The Hall–Kier alpha value is -2.49. The van der Waals surface area contributed by atoms with Gasteiger partial charge in [-0.2, -0.15) is 0 Å². The highest BCUT2D eigenvalue weighted by atomic mass is 16.4. The van der Waals surface area contributed by atoms with Gasteiger partial charge >= 0.3 is 0 Å². The second-order valence-corrected chi connectivity index (χ2v) is 6.43. The Kier molecular flexibility index (Phi) is 5.50. The maximum absolute atomic E-state index is 11.5. The van der Waals surface area contributed by atoms with Crippen LogP contribution in [0.15, 0.2) is 48.5 Å². The van der Waals surface area contributed by atoms with E-state index in [4.69, 9.17) is 0 Å². The first-order valence-electron chi connectivity index (χ1n) is 8.16. The predicted octanol–water partition coefficient (Wildman–Crippen LogP) is 2.96. The summed E-state index contributed by atoms with van der Waals surface area (Å²) in [6.45, 7) is 3.94. The molecule has 0 aromatic heterocycles. The fourth-order valence-electron chi connectivity index (χ4n) is 3.21. The van der Waals surface area contributed by atoms with Gasteiger partial charge in [0, 0.05) is 11.4 Å². The molecule has 1 atom stereocenters. The van der Waals surface area contributed by atoms with Crippen LogP contribution < -0.4 is 5.11 Å². The van der Waals surface area contributed by atoms with E-state index in [9.17, 15) is 20.1 Å². The first-order valence-corrected chi connectivity index (χ1v) is 8.16. The van der Waals surface area contributed by atoms with E-state index in [0.717, 1.165) is 17.5 Å². The molecule has 1 unspecified atom stereocenters. The molecule has 0 radical (unpaired) electrons. The van der Waals surface area contributed by atoms with Crippen molar-refractivity contribution in [3.05, 3.63) is 59.7 Å². The number of benzene rings is 2. The lowest BCUT2D eigenvalue weighted by atomic mass is 9.70. The van der Waals surface area contributed by atoms with E-state index < -0.39 is 17.3 Å². The molecule has 4 nitrogen and oxygen atoms in total. The molecule has 0 spiro atoms. The molecule has 0 saturated heterocycles. The van der Waals surface area contributed by atoms with E-state index in [1.54, 1.807) is 48.5 Å². The van der Waals surface area contributed by atoms with Gasteiger partial charge in [-0.1, -0.05) is 44.5 Å². The minimum atomic E-state index is -1.04. The monoisotopic (exact) mass is 327 g/mol. The quantitative estimate of drug-likeness (QED) is 0.819. The van der Waals surface area contributed by atoms with Gasteiger partial charge < -0.3 is 20.1 Å². The number of rotatable bonds is 7. The molecule has 0 aliphatic rings. The molecule has 128 valence electrons. The number of carbonyl (C=O) groups is 1. The predicted molar refractivity (Wildman–Crippen MR) is 90.7 cm³/mol. The summed E-state index contributed by atoms with van der Waals surface area (Å²) in [4.78, 5) is 11.5. The largest absolute Gasteiger partial charge is 0.550 e. The van der Waals surface area contributed by atoms with Crippen molar-refractivity contribution >= 4 is 5.97 Å². The van der Waals surface area contributed by atoms with E-state index in [2.05, 4.69) is 0 Å². The van der Waals surface area contributed by atoms with Gasteiger partial charge in [0.2, 0.25) is 0 Å². The maximum Gasteiger partial charge on any atom is 0.115 e. The Morgan fingerprint density at radius 3 is 1.75 bits per heavy atom. The number of carboxylic acids is 1. The molecule has 0 amide bonds. The van der Waals surface area contributed by atoms with Crippen LogP contribution in [0.1, 0.15) is 44.2 Å². The van der Waals surface area contributed by atoms with Crippen LogP contribution in [0.4, 0.5) is 0 Å². The summed E-state index contributed by atoms with van der Waals surface area (Å²) in [6.07, 6.45) is 1.70. The van der Waals surface area contributed by atoms with Gasteiger partial charge in [0.15, 0.2) is 0 Å². The van der Waals surface area contributed by atoms with E-state index in [1.165, 1.54) is 0 Å². The Labute approximate surface area is 142 Å². The fraction of sp³-hybridized carbons (Fsp3) is 0.350. The number of phenolic OH excluding ortho intramolecular Hbond substituents is 2. The summed E-state index contributed by atoms with van der Waals surface area (Å²) in [5, 5.41) is 30.6. The molecule has 0 aliphatic heterocycles. The van der Waals surface area contributed by atoms with Gasteiger partial charge in [-0.3, -0.25) is 0 Å². The van der Waals surface area contributed by atoms with Crippen molar-refractivity contribution in [2.24, 2.45) is 5.92 Å². The van der Waals surface area contributed by atoms with Crippen molar-refractivity contribution in [2.75, 3.05) is 0 Å². The Morgan fingerprint density at radius 2 is 1.42 bits per heavy atom.